The second-order valence-corrected chi connectivity index (χ2v) is 5.77. The van der Waals surface area contributed by atoms with Crippen LogP contribution < -0.4 is 9.46 Å². The Bertz CT molecular complexity index is 641. The highest BCUT2D eigenvalue weighted by Crippen LogP contribution is 2.30. The van der Waals surface area contributed by atoms with Crippen LogP contribution in [0, 0.1) is 10.1 Å². The third kappa shape index (κ3) is 3.35. The third-order valence-corrected chi connectivity index (χ3v) is 4.10. The van der Waals surface area contributed by atoms with Crippen molar-refractivity contribution in [1.29, 1.82) is 0 Å². The summed E-state index contributed by atoms with van der Waals surface area (Å²) in [5.74, 6) is -1.50. The maximum atomic E-state index is 11.8. The summed E-state index contributed by atoms with van der Waals surface area (Å²) in [4.78, 5) is 20.7. The Labute approximate surface area is 114 Å². The first kappa shape index (κ1) is 15.7. The molecular formula is C10H12N2O7S. The molecule has 2 N–H and O–H groups in total. The Morgan fingerprint density at radius 2 is 2.10 bits per heavy atom. The van der Waals surface area contributed by atoms with Gasteiger partial charge < -0.3 is 9.84 Å². The summed E-state index contributed by atoms with van der Waals surface area (Å²) < 4.78 is 30.4. The third-order valence-electron chi connectivity index (χ3n) is 2.46. The minimum atomic E-state index is -4.24. The van der Waals surface area contributed by atoms with E-state index in [2.05, 4.69) is 0 Å². The summed E-state index contributed by atoms with van der Waals surface area (Å²) in [5.41, 5.74) is -0.554. The molecule has 9 nitrogen and oxygen atoms in total. The summed E-state index contributed by atoms with van der Waals surface area (Å²) in [5, 5.41) is 17.6. The van der Waals surface area contributed by atoms with E-state index in [1.54, 1.807) is 0 Å². The lowest BCUT2D eigenvalue weighted by molar-refractivity contribution is -0.384. The fourth-order valence-corrected chi connectivity index (χ4v) is 2.17. The van der Waals surface area contributed by atoms with Crippen molar-refractivity contribution in [2.45, 2.75) is 12.2 Å². The van der Waals surface area contributed by atoms with E-state index in [1.807, 2.05) is 4.72 Å². The van der Waals surface area contributed by atoms with Gasteiger partial charge in [0.25, 0.3) is 5.69 Å². The van der Waals surface area contributed by atoms with Gasteiger partial charge in [0.2, 0.25) is 10.0 Å². The normalized spacial score (nSPS) is 12.5. The molecule has 0 bridgehead atoms. The van der Waals surface area contributed by atoms with Gasteiger partial charge in [0.05, 0.1) is 17.7 Å². The van der Waals surface area contributed by atoms with E-state index in [9.17, 15) is 23.3 Å². The van der Waals surface area contributed by atoms with E-state index in [0.717, 1.165) is 19.1 Å². The van der Waals surface area contributed by atoms with Crippen molar-refractivity contribution in [2.75, 3.05) is 11.8 Å². The van der Waals surface area contributed by atoms with Gasteiger partial charge in [-0.15, -0.1) is 0 Å². The molecule has 1 rings (SSSR count). The van der Waals surface area contributed by atoms with Crippen molar-refractivity contribution in [1.82, 2.24) is 0 Å². The van der Waals surface area contributed by atoms with E-state index in [1.165, 1.54) is 13.2 Å². The van der Waals surface area contributed by atoms with Crippen molar-refractivity contribution in [3.8, 4) is 5.75 Å². The van der Waals surface area contributed by atoms with Gasteiger partial charge in [0.15, 0.2) is 5.25 Å². The molecule has 0 aromatic heterocycles. The number of carbonyl (C=O) groups is 1. The largest absolute Gasteiger partial charge is 0.495 e. The van der Waals surface area contributed by atoms with Gasteiger partial charge in [-0.05, 0) is 13.0 Å². The van der Waals surface area contributed by atoms with Crippen LogP contribution in [0.3, 0.4) is 0 Å². The predicted molar refractivity (Wildman–Crippen MR) is 69.3 cm³/mol. The van der Waals surface area contributed by atoms with E-state index < -0.39 is 26.2 Å². The van der Waals surface area contributed by atoms with E-state index in [0.29, 0.717) is 0 Å². The van der Waals surface area contributed by atoms with Crippen LogP contribution in [-0.4, -0.2) is 36.8 Å². The molecule has 110 valence electrons. The standard InChI is InChI=1S/C10H12N2O7S/c1-6(10(13)14)20(17,18)11-8-5-7(12(15)16)3-4-9(8)19-2/h3-6,11H,1-2H3,(H,13,14). The van der Waals surface area contributed by atoms with Crippen LogP contribution in [0.4, 0.5) is 11.4 Å². The van der Waals surface area contributed by atoms with Gasteiger partial charge in [-0.2, -0.15) is 0 Å². The lowest BCUT2D eigenvalue weighted by Crippen LogP contribution is -2.32. The number of hydrogen-bond donors (Lipinski definition) is 2. The van der Waals surface area contributed by atoms with Crippen LogP contribution in [0.25, 0.3) is 0 Å². The molecule has 0 aliphatic heterocycles. The number of rotatable bonds is 6. The molecule has 0 saturated carbocycles. The van der Waals surface area contributed by atoms with Gasteiger partial charge in [-0.3, -0.25) is 19.6 Å². The van der Waals surface area contributed by atoms with Crippen molar-refractivity contribution in [3.05, 3.63) is 28.3 Å². The summed E-state index contributed by atoms with van der Waals surface area (Å²) in [6.45, 7) is 0.981. The Morgan fingerprint density at radius 3 is 2.55 bits per heavy atom. The Morgan fingerprint density at radius 1 is 1.50 bits per heavy atom. The molecule has 0 aliphatic carbocycles. The number of nitrogens with one attached hydrogen (secondary N) is 1. The molecule has 1 aromatic rings. The summed E-state index contributed by atoms with van der Waals surface area (Å²) in [6, 6.07) is 3.30. The molecule has 1 atom stereocenters. The van der Waals surface area contributed by atoms with Crippen LogP contribution in [-0.2, 0) is 14.8 Å². The summed E-state index contributed by atoms with van der Waals surface area (Å²) in [6.07, 6.45) is 0. The molecule has 0 fully saturated rings. The number of carboxylic acid groups (broad SMARTS) is 1. The Hall–Kier alpha value is -2.36. The van der Waals surface area contributed by atoms with Crippen LogP contribution in [0.1, 0.15) is 6.92 Å². The number of carboxylic acids is 1. The van der Waals surface area contributed by atoms with Gasteiger partial charge in [-0.25, -0.2) is 8.42 Å². The molecule has 1 unspecified atom stereocenters. The molecule has 0 aliphatic rings. The highest BCUT2D eigenvalue weighted by Gasteiger charge is 2.29. The Kier molecular flexibility index (Phi) is 4.50. The molecule has 20 heavy (non-hydrogen) atoms. The van der Waals surface area contributed by atoms with E-state index in [-0.39, 0.29) is 17.1 Å². The SMILES string of the molecule is COc1ccc([N+](=O)[O-])cc1NS(=O)(=O)C(C)C(=O)O. The average molecular weight is 304 g/mol. The topological polar surface area (TPSA) is 136 Å². The molecule has 0 saturated heterocycles. The van der Waals surface area contributed by atoms with Crippen molar-refractivity contribution in [3.63, 3.8) is 0 Å². The average Bonchev–Trinajstić information content (AvgIpc) is 2.36. The predicted octanol–water partition coefficient (Wildman–Crippen LogP) is 0.818. The molecule has 0 spiro atoms. The number of non-ortho nitro benzene ring substituents is 1. The number of methoxy groups -OCH3 is 1. The first-order chi connectivity index (χ1) is 9.19. The first-order valence-electron chi connectivity index (χ1n) is 5.26. The highest BCUT2D eigenvalue weighted by atomic mass is 32.2. The van der Waals surface area contributed by atoms with E-state index in [4.69, 9.17) is 9.84 Å². The number of hydrogen-bond acceptors (Lipinski definition) is 6. The molecule has 0 radical (unpaired) electrons. The van der Waals surface area contributed by atoms with E-state index >= 15 is 0 Å². The van der Waals surface area contributed by atoms with Gasteiger partial charge in [-0.1, -0.05) is 0 Å². The molecular weight excluding hydrogens is 292 g/mol. The first-order valence-corrected chi connectivity index (χ1v) is 6.80. The Balaban J connectivity index is 3.22. The minimum absolute atomic E-state index is 0.0387. The fourth-order valence-electron chi connectivity index (χ4n) is 1.26. The van der Waals surface area contributed by atoms with Gasteiger partial charge in [0.1, 0.15) is 5.75 Å². The maximum absolute atomic E-state index is 11.8. The van der Waals surface area contributed by atoms with Crippen molar-refractivity contribution < 1.29 is 28.0 Å². The zero-order chi connectivity index (χ0) is 15.5. The second kappa shape index (κ2) is 5.74. The number of nitro benzene ring substituents is 1. The number of sulfonamides is 1. The van der Waals surface area contributed by atoms with Crippen molar-refractivity contribution in [2.24, 2.45) is 0 Å². The maximum Gasteiger partial charge on any atom is 0.323 e. The monoisotopic (exact) mass is 304 g/mol. The quantitative estimate of drug-likeness (QED) is 0.586. The lowest BCUT2D eigenvalue weighted by Gasteiger charge is -2.13. The molecule has 0 heterocycles. The highest BCUT2D eigenvalue weighted by molar-refractivity contribution is 7.94. The second-order valence-electron chi connectivity index (χ2n) is 3.77. The van der Waals surface area contributed by atoms with Crippen molar-refractivity contribution >= 4 is 27.4 Å². The number of ether oxygens (including phenoxy) is 1. The smallest absolute Gasteiger partial charge is 0.323 e. The molecule has 0 amide bonds. The number of anilines is 1. The lowest BCUT2D eigenvalue weighted by atomic mass is 10.2. The summed E-state index contributed by atoms with van der Waals surface area (Å²) in [7, 11) is -2.99. The van der Waals surface area contributed by atoms with Gasteiger partial charge in [0, 0.05) is 12.1 Å². The fraction of sp³-hybridized carbons (Fsp3) is 0.300. The van der Waals surface area contributed by atoms with Crippen LogP contribution in [0.2, 0.25) is 0 Å². The van der Waals surface area contributed by atoms with Crippen LogP contribution in [0.15, 0.2) is 18.2 Å². The summed E-state index contributed by atoms with van der Waals surface area (Å²) >= 11 is 0. The molecule has 1 aromatic carbocycles. The number of benzene rings is 1. The minimum Gasteiger partial charge on any atom is -0.495 e. The van der Waals surface area contributed by atoms with Gasteiger partial charge >= 0.3 is 5.97 Å². The van der Waals surface area contributed by atoms with Crippen LogP contribution >= 0.6 is 0 Å². The van der Waals surface area contributed by atoms with Crippen LogP contribution in [0.5, 0.6) is 5.75 Å². The molecule has 10 heteroatoms. The zero-order valence-corrected chi connectivity index (χ0v) is 11.4. The number of nitro groups is 1. The number of nitrogens with zero attached hydrogens (tertiary/aromatic N) is 1. The number of aliphatic carboxylic acids is 1. The zero-order valence-electron chi connectivity index (χ0n) is 10.6.